The average molecular weight is 208 g/mol. The second-order valence-electron chi connectivity index (χ2n) is 3.14. The Bertz CT molecular complexity index is 350. The zero-order chi connectivity index (χ0) is 11.3. The third-order valence-corrected chi connectivity index (χ3v) is 1.82. The van der Waals surface area contributed by atoms with Crippen molar-refractivity contribution < 1.29 is 4.92 Å². The van der Waals surface area contributed by atoms with Crippen LogP contribution in [-0.4, -0.2) is 22.2 Å². The Morgan fingerprint density at radius 3 is 2.93 bits per heavy atom. The van der Waals surface area contributed by atoms with E-state index >= 15 is 0 Å². The summed E-state index contributed by atoms with van der Waals surface area (Å²) < 4.78 is 0. The van der Waals surface area contributed by atoms with E-state index in [1.165, 1.54) is 18.5 Å². The molecule has 0 bridgehead atoms. The molecule has 2 N–H and O–H groups in total. The predicted molar refractivity (Wildman–Crippen MR) is 57.4 cm³/mol. The second kappa shape index (κ2) is 5.04. The average Bonchev–Trinajstić information content (AvgIpc) is 2.18. The minimum atomic E-state index is -0.488. The first-order valence-electron chi connectivity index (χ1n) is 4.49. The number of aromatic nitrogens is 1. The number of nitrogens with one attached hydrogen (secondary N) is 2. The highest BCUT2D eigenvalue weighted by Crippen LogP contribution is 2.12. The van der Waals surface area contributed by atoms with E-state index < -0.39 is 4.92 Å². The largest absolute Gasteiger partial charge is 0.367 e. The summed E-state index contributed by atoms with van der Waals surface area (Å²) in [5.41, 5.74) is -0.0275. The first-order chi connectivity index (χ1) is 7.13. The number of rotatable bonds is 5. The van der Waals surface area contributed by atoms with Crippen molar-refractivity contribution in [1.29, 1.82) is 5.41 Å². The van der Waals surface area contributed by atoms with Gasteiger partial charge >= 0.3 is 0 Å². The van der Waals surface area contributed by atoms with Crippen LogP contribution < -0.4 is 5.32 Å². The summed E-state index contributed by atoms with van der Waals surface area (Å²) in [5, 5.41) is 20.3. The zero-order valence-electron chi connectivity index (χ0n) is 8.30. The highest BCUT2D eigenvalue weighted by atomic mass is 16.6. The van der Waals surface area contributed by atoms with Gasteiger partial charge in [0, 0.05) is 18.5 Å². The van der Waals surface area contributed by atoms with Gasteiger partial charge in [0.25, 0.3) is 5.69 Å². The van der Waals surface area contributed by atoms with E-state index in [-0.39, 0.29) is 11.7 Å². The quantitative estimate of drug-likeness (QED) is 0.438. The highest BCUT2D eigenvalue weighted by Gasteiger charge is 2.06. The molecule has 0 spiro atoms. The molecule has 1 aromatic heterocycles. The first-order valence-corrected chi connectivity index (χ1v) is 4.49. The Morgan fingerprint density at radius 2 is 2.47 bits per heavy atom. The van der Waals surface area contributed by atoms with Gasteiger partial charge in [-0.1, -0.05) is 0 Å². The Morgan fingerprint density at radius 1 is 1.73 bits per heavy atom. The number of nitro groups is 1. The maximum absolute atomic E-state index is 10.4. The summed E-state index contributed by atoms with van der Waals surface area (Å²) in [6, 6.07) is 3.04. The van der Waals surface area contributed by atoms with Crippen LogP contribution in [-0.2, 0) is 0 Å². The molecule has 0 radical (unpaired) electrons. The molecular weight excluding hydrogens is 196 g/mol. The van der Waals surface area contributed by atoms with Crippen LogP contribution in [0.3, 0.4) is 0 Å². The molecule has 0 saturated heterocycles. The number of hydrogen-bond donors (Lipinski definition) is 2. The lowest BCUT2D eigenvalue weighted by atomic mass is 10.2. The Hall–Kier alpha value is -1.98. The molecule has 0 fully saturated rings. The van der Waals surface area contributed by atoms with Gasteiger partial charge < -0.3 is 10.7 Å². The van der Waals surface area contributed by atoms with Gasteiger partial charge in [-0.3, -0.25) is 10.1 Å². The molecule has 80 valence electrons. The van der Waals surface area contributed by atoms with E-state index in [9.17, 15) is 10.1 Å². The molecule has 1 heterocycles. The topological polar surface area (TPSA) is 91.9 Å². The molecule has 1 rings (SSSR count). The van der Waals surface area contributed by atoms with Gasteiger partial charge in [0.2, 0.25) is 0 Å². The van der Waals surface area contributed by atoms with Crippen LogP contribution in [0, 0.1) is 15.5 Å². The molecule has 0 unspecified atom stereocenters. The number of hydrogen-bond acceptors (Lipinski definition) is 5. The van der Waals surface area contributed by atoms with Gasteiger partial charge in [-0.05, 0) is 19.2 Å². The summed E-state index contributed by atoms with van der Waals surface area (Å²) in [4.78, 5) is 13.8. The predicted octanol–water partition coefficient (Wildman–Crippen LogP) is 1.83. The van der Waals surface area contributed by atoms with Crippen molar-refractivity contribution in [3.63, 3.8) is 0 Å². The molecule has 6 heteroatoms. The SMILES string of the molecule is C[C@H](CC=N)Nc1ccc([N+](=O)[O-])cn1. The lowest BCUT2D eigenvalue weighted by molar-refractivity contribution is -0.385. The second-order valence-corrected chi connectivity index (χ2v) is 3.14. The first kappa shape index (κ1) is 11.1. The third kappa shape index (κ3) is 3.34. The minimum Gasteiger partial charge on any atom is -0.367 e. The Balaban J connectivity index is 2.64. The molecule has 0 amide bonds. The van der Waals surface area contributed by atoms with E-state index in [1.54, 1.807) is 6.07 Å². The lowest BCUT2D eigenvalue weighted by Gasteiger charge is -2.10. The van der Waals surface area contributed by atoms with Gasteiger partial charge in [0.15, 0.2) is 0 Å². The van der Waals surface area contributed by atoms with Crippen LogP contribution >= 0.6 is 0 Å². The van der Waals surface area contributed by atoms with Gasteiger partial charge in [0.1, 0.15) is 12.0 Å². The normalized spacial score (nSPS) is 11.8. The maximum Gasteiger partial charge on any atom is 0.287 e. The zero-order valence-corrected chi connectivity index (χ0v) is 8.30. The summed E-state index contributed by atoms with van der Waals surface area (Å²) in [6.07, 6.45) is 3.11. The van der Waals surface area contributed by atoms with Crippen molar-refractivity contribution in [2.45, 2.75) is 19.4 Å². The van der Waals surface area contributed by atoms with Crippen LogP contribution in [0.4, 0.5) is 11.5 Å². The van der Waals surface area contributed by atoms with Gasteiger partial charge in [-0.15, -0.1) is 0 Å². The minimum absolute atomic E-state index is 0.0275. The molecule has 0 aromatic carbocycles. The van der Waals surface area contributed by atoms with Crippen molar-refractivity contribution in [2.75, 3.05) is 5.32 Å². The molecule has 0 aliphatic rings. The van der Waals surface area contributed by atoms with E-state index in [0.717, 1.165) is 0 Å². The third-order valence-electron chi connectivity index (χ3n) is 1.82. The van der Waals surface area contributed by atoms with Crippen LogP contribution in [0.15, 0.2) is 18.3 Å². The summed E-state index contributed by atoms with van der Waals surface area (Å²) in [6.45, 7) is 1.91. The van der Waals surface area contributed by atoms with Crippen LogP contribution in [0.5, 0.6) is 0 Å². The smallest absolute Gasteiger partial charge is 0.287 e. The van der Waals surface area contributed by atoms with Crippen LogP contribution in [0.1, 0.15) is 13.3 Å². The van der Waals surface area contributed by atoms with Gasteiger partial charge in [0.05, 0.1) is 4.92 Å². The van der Waals surface area contributed by atoms with E-state index in [0.29, 0.717) is 12.2 Å². The van der Waals surface area contributed by atoms with Crippen LogP contribution in [0.25, 0.3) is 0 Å². The molecule has 1 atom stereocenters. The van der Waals surface area contributed by atoms with Crippen molar-refractivity contribution in [1.82, 2.24) is 4.98 Å². The van der Waals surface area contributed by atoms with Gasteiger partial charge in [-0.25, -0.2) is 4.98 Å². The molecule has 0 aliphatic heterocycles. The Labute approximate surface area is 87.0 Å². The summed E-state index contributed by atoms with van der Waals surface area (Å²) in [7, 11) is 0. The number of anilines is 1. The summed E-state index contributed by atoms with van der Waals surface area (Å²) >= 11 is 0. The van der Waals surface area contributed by atoms with Crippen molar-refractivity contribution in [3.8, 4) is 0 Å². The molecule has 0 aliphatic carbocycles. The fourth-order valence-corrected chi connectivity index (χ4v) is 1.07. The fourth-order valence-electron chi connectivity index (χ4n) is 1.07. The number of nitrogens with zero attached hydrogens (tertiary/aromatic N) is 2. The molecule has 0 saturated carbocycles. The fraction of sp³-hybridized carbons (Fsp3) is 0.333. The van der Waals surface area contributed by atoms with E-state index in [4.69, 9.17) is 5.41 Å². The standard InChI is InChI=1S/C9H12N4O2/c1-7(4-5-10)12-9-3-2-8(6-11-9)13(14)15/h2-3,5-7,10H,4H2,1H3,(H,11,12)/t7-/m1/s1. The highest BCUT2D eigenvalue weighted by molar-refractivity contribution is 5.55. The molecule has 1 aromatic rings. The molecule has 15 heavy (non-hydrogen) atoms. The van der Waals surface area contributed by atoms with E-state index in [2.05, 4.69) is 10.3 Å². The van der Waals surface area contributed by atoms with Crippen LogP contribution in [0.2, 0.25) is 0 Å². The number of pyridine rings is 1. The summed E-state index contributed by atoms with van der Waals surface area (Å²) in [5.74, 6) is 0.579. The monoisotopic (exact) mass is 208 g/mol. The van der Waals surface area contributed by atoms with E-state index in [1.807, 2.05) is 6.92 Å². The molecular formula is C9H12N4O2. The van der Waals surface area contributed by atoms with Crippen molar-refractivity contribution in [2.24, 2.45) is 0 Å². The lowest BCUT2D eigenvalue weighted by Crippen LogP contribution is -2.16. The molecule has 6 nitrogen and oxygen atoms in total. The van der Waals surface area contributed by atoms with Gasteiger partial charge in [-0.2, -0.15) is 0 Å². The maximum atomic E-state index is 10.4. The van der Waals surface area contributed by atoms with Crippen molar-refractivity contribution in [3.05, 3.63) is 28.4 Å². The van der Waals surface area contributed by atoms with Crippen molar-refractivity contribution >= 4 is 17.7 Å². The Kier molecular flexibility index (Phi) is 3.73.